The van der Waals surface area contributed by atoms with E-state index in [1.807, 2.05) is 18.2 Å². The summed E-state index contributed by atoms with van der Waals surface area (Å²) < 4.78 is 27.3. The predicted octanol–water partition coefficient (Wildman–Crippen LogP) is 3.75. The number of nitrogen functional groups attached to an aromatic ring is 1. The summed E-state index contributed by atoms with van der Waals surface area (Å²) in [6, 6.07) is 8.56. The highest BCUT2D eigenvalue weighted by Crippen LogP contribution is 2.37. The molecular formula is C17H16BrN5O2S3. The van der Waals surface area contributed by atoms with Crippen molar-refractivity contribution < 1.29 is 8.42 Å². The molecule has 0 saturated heterocycles. The fourth-order valence-corrected chi connectivity index (χ4v) is 6.79. The minimum Gasteiger partial charge on any atom is -0.383 e. The van der Waals surface area contributed by atoms with Crippen LogP contribution in [0, 0.1) is 5.41 Å². The van der Waals surface area contributed by atoms with E-state index in [9.17, 15) is 8.42 Å². The molecule has 0 aliphatic rings. The molecule has 0 aromatic carbocycles. The van der Waals surface area contributed by atoms with Crippen molar-refractivity contribution in [2.75, 3.05) is 11.6 Å². The molecule has 0 saturated carbocycles. The van der Waals surface area contributed by atoms with Crippen LogP contribution in [0.4, 0.5) is 5.82 Å². The molecule has 0 aliphatic carbocycles. The Morgan fingerprint density at radius 3 is 2.75 bits per heavy atom. The molecule has 3 rings (SSSR count). The molecule has 146 valence electrons. The molecule has 3 aromatic heterocycles. The number of rotatable bonds is 7. The van der Waals surface area contributed by atoms with Gasteiger partial charge in [-0.3, -0.25) is 10.4 Å². The Morgan fingerprint density at radius 2 is 2.14 bits per heavy atom. The summed E-state index contributed by atoms with van der Waals surface area (Å²) in [5, 5.41) is 10.7. The number of thiophene rings is 1. The van der Waals surface area contributed by atoms with Crippen LogP contribution in [-0.2, 0) is 16.4 Å². The number of anilines is 1. The third-order valence-corrected chi connectivity index (χ3v) is 8.61. The summed E-state index contributed by atoms with van der Waals surface area (Å²) in [6.45, 7) is 0.460. The molecule has 0 fully saturated rings. The van der Waals surface area contributed by atoms with Crippen LogP contribution in [0.25, 0.3) is 0 Å². The van der Waals surface area contributed by atoms with Gasteiger partial charge in [0, 0.05) is 12.4 Å². The summed E-state index contributed by atoms with van der Waals surface area (Å²) in [5.41, 5.74) is 6.35. The van der Waals surface area contributed by atoms with Crippen molar-refractivity contribution in [1.29, 1.82) is 5.41 Å². The van der Waals surface area contributed by atoms with E-state index in [0.717, 1.165) is 5.69 Å². The first-order valence-corrected chi connectivity index (χ1v) is 12.2. The number of thioether (sulfide) groups is 1. The second-order valence-electron chi connectivity index (χ2n) is 5.56. The molecule has 7 nitrogen and oxygen atoms in total. The number of amidine groups is 1. The Labute approximate surface area is 179 Å². The van der Waals surface area contributed by atoms with Gasteiger partial charge in [-0.15, -0.1) is 23.1 Å². The number of nitrogens with zero attached hydrogens (tertiary/aromatic N) is 2. The maximum atomic E-state index is 13.1. The van der Waals surface area contributed by atoms with Gasteiger partial charge in [0.1, 0.15) is 11.7 Å². The molecule has 3 heterocycles. The Morgan fingerprint density at radius 1 is 1.36 bits per heavy atom. The van der Waals surface area contributed by atoms with Crippen molar-refractivity contribution in [3.8, 4) is 0 Å². The quantitative estimate of drug-likeness (QED) is 0.258. The average molecular weight is 498 g/mol. The van der Waals surface area contributed by atoms with Crippen molar-refractivity contribution >= 4 is 60.5 Å². The van der Waals surface area contributed by atoms with Crippen LogP contribution in [0.1, 0.15) is 10.6 Å². The van der Waals surface area contributed by atoms with E-state index in [0.29, 0.717) is 25.9 Å². The van der Waals surface area contributed by atoms with Crippen molar-refractivity contribution in [1.82, 2.24) is 9.97 Å². The molecule has 0 spiro atoms. The molecule has 28 heavy (non-hydrogen) atoms. The highest BCUT2D eigenvalue weighted by atomic mass is 79.9. The Hall–Kier alpha value is -1.95. The zero-order valence-corrected chi connectivity index (χ0v) is 18.7. The van der Waals surface area contributed by atoms with Crippen LogP contribution in [-0.4, -0.2) is 30.5 Å². The number of hydrogen-bond donors (Lipinski definition) is 3. The second-order valence-corrected chi connectivity index (χ2v) is 10.5. The molecule has 0 bridgehead atoms. The molecule has 0 amide bonds. The fraction of sp³-hybridized carbons (Fsp3) is 0.118. The molecule has 0 unspecified atom stereocenters. The first kappa shape index (κ1) is 20.8. The molecule has 11 heteroatoms. The van der Waals surface area contributed by atoms with E-state index in [1.165, 1.54) is 41.4 Å². The van der Waals surface area contributed by atoms with Gasteiger partial charge in [-0.1, -0.05) is 6.07 Å². The van der Waals surface area contributed by atoms with Crippen molar-refractivity contribution in [3.05, 3.63) is 57.8 Å². The van der Waals surface area contributed by atoms with Crippen LogP contribution in [0.5, 0.6) is 0 Å². The van der Waals surface area contributed by atoms with Crippen LogP contribution in [0.3, 0.4) is 0 Å². The van der Waals surface area contributed by atoms with Gasteiger partial charge in [0.15, 0.2) is 0 Å². The van der Waals surface area contributed by atoms with Gasteiger partial charge in [-0.2, -0.15) is 0 Å². The second kappa shape index (κ2) is 8.60. The summed E-state index contributed by atoms with van der Waals surface area (Å²) in [4.78, 5) is 9.09. The fourth-order valence-electron chi connectivity index (χ4n) is 2.32. The van der Waals surface area contributed by atoms with Crippen LogP contribution in [0.2, 0.25) is 0 Å². The monoisotopic (exact) mass is 497 g/mol. The minimum absolute atomic E-state index is 0.0611. The van der Waals surface area contributed by atoms with Gasteiger partial charge in [-0.25, -0.2) is 13.4 Å². The number of nitrogens with one attached hydrogen (secondary N) is 2. The van der Waals surface area contributed by atoms with Gasteiger partial charge in [0.25, 0.3) is 0 Å². The minimum atomic E-state index is -3.80. The number of sulfone groups is 1. The number of hydrogen-bond acceptors (Lipinski definition) is 8. The average Bonchev–Trinajstić information content (AvgIpc) is 3.13. The zero-order valence-electron chi connectivity index (χ0n) is 14.6. The third kappa shape index (κ3) is 4.37. The first-order chi connectivity index (χ1) is 13.3. The largest absolute Gasteiger partial charge is 0.383 e. The summed E-state index contributed by atoms with van der Waals surface area (Å²) >= 11 is 5.87. The number of nitrogens with two attached hydrogens (primary N) is 1. The number of halogens is 1. The van der Waals surface area contributed by atoms with Crippen molar-refractivity contribution in [2.24, 2.45) is 5.73 Å². The topological polar surface area (TPSA) is 122 Å². The summed E-state index contributed by atoms with van der Waals surface area (Å²) in [6.07, 6.45) is 4.80. The van der Waals surface area contributed by atoms with Gasteiger partial charge in [0.2, 0.25) is 9.84 Å². The standard InChI is InChI=1S/C17H16BrN5O2S3/c1-26-17-14(7-13(27-17)15(19)20)28(24,25)11-6-12(18)16(23-9-11)22-8-10-4-2-3-5-21-10/h2-7,9H,8H2,1H3,(H3,19,20)(H,22,23). The van der Waals surface area contributed by atoms with Gasteiger partial charge >= 0.3 is 0 Å². The molecule has 0 radical (unpaired) electrons. The summed E-state index contributed by atoms with van der Waals surface area (Å²) in [5.74, 6) is 0.361. The highest BCUT2D eigenvalue weighted by Gasteiger charge is 2.26. The maximum Gasteiger partial charge on any atom is 0.210 e. The van der Waals surface area contributed by atoms with E-state index in [4.69, 9.17) is 11.1 Å². The van der Waals surface area contributed by atoms with Gasteiger partial charge in [-0.05, 0) is 46.5 Å². The van der Waals surface area contributed by atoms with E-state index in [2.05, 4.69) is 31.2 Å². The number of pyridine rings is 2. The van der Waals surface area contributed by atoms with E-state index in [1.54, 1.807) is 12.5 Å². The normalized spacial score (nSPS) is 11.4. The van der Waals surface area contributed by atoms with Crippen molar-refractivity contribution in [3.63, 3.8) is 0 Å². The third-order valence-electron chi connectivity index (χ3n) is 3.70. The molecule has 3 aromatic rings. The molecular weight excluding hydrogens is 482 g/mol. The summed E-state index contributed by atoms with van der Waals surface area (Å²) in [7, 11) is -3.80. The van der Waals surface area contributed by atoms with Crippen LogP contribution >= 0.6 is 39.0 Å². The van der Waals surface area contributed by atoms with Crippen LogP contribution < -0.4 is 11.1 Å². The van der Waals surface area contributed by atoms with E-state index >= 15 is 0 Å². The lowest BCUT2D eigenvalue weighted by atomic mass is 10.3. The Kier molecular flexibility index (Phi) is 6.38. The van der Waals surface area contributed by atoms with E-state index in [-0.39, 0.29) is 15.6 Å². The van der Waals surface area contributed by atoms with Gasteiger partial charge in [0.05, 0.1) is 35.6 Å². The van der Waals surface area contributed by atoms with E-state index < -0.39 is 9.84 Å². The first-order valence-electron chi connectivity index (χ1n) is 7.89. The lowest BCUT2D eigenvalue weighted by molar-refractivity contribution is 0.594. The lowest BCUT2D eigenvalue weighted by Gasteiger charge is -2.10. The lowest BCUT2D eigenvalue weighted by Crippen LogP contribution is -2.09. The Balaban J connectivity index is 1.89. The molecule has 0 aliphatic heterocycles. The van der Waals surface area contributed by atoms with Crippen molar-refractivity contribution in [2.45, 2.75) is 20.5 Å². The highest BCUT2D eigenvalue weighted by molar-refractivity contribution is 9.10. The molecule has 0 atom stereocenters. The predicted molar refractivity (Wildman–Crippen MR) is 116 cm³/mol. The van der Waals surface area contributed by atoms with Crippen LogP contribution in [0.15, 0.2) is 61.2 Å². The SMILES string of the molecule is CSc1sc(C(=N)N)cc1S(=O)(=O)c1cnc(NCc2ccccn2)c(Br)c1. The van der Waals surface area contributed by atoms with Gasteiger partial charge < -0.3 is 11.1 Å². The smallest absolute Gasteiger partial charge is 0.210 e. The Bertz CT molecular complexity index is 1120. The number of aromatic nitrogens is 2. The zero-order chi connectivity index (χ0) is 20.3. The molecule has 4 N–H and O–H groups in total. The maximum absolute atomic E-state index is 13.1.